The van der Waals surface area contributed by atoms with Gasteiger partial charge in [0.25, 0.3) is 5.91 Å². The van der Waals surface area contributed by atoms with Gasteiger partial charge in [0, 0.05) is 24.2 Å². The molecule has 1 heterocycles. The highest BCUT2D eigenvalue weighted by atomic mass is 16.5. The predicted octanol–water partition coefficient (Wildman–Crippen LogP) is 3.88. The van der Waals surface area contributed by atoms with Gasteiger partial charge < -0.3 is 19.8 Å². The van der Waals surface area contributed by atoms with Crippen molar-refractivity contribution in [2.24, 2.45) is 0 Å². The van der Waals surface area contributed by atoms with Crippen molar-refractivity contribution in [3.05, 3.63) is 88.9 Å². The van der Waals surface area contributed by atoms with Gasteiger partial charge in [-0.3, -0.25) is 14.2 Å². The van der Waals surface area contributed by atoms with E-state index in [0.29, 0.717) is 33.8 Å². The minimum absolute atomic E-state index is 0.0967. The smallest absolute Gasteiger partial charge is 0.419 e. The molecular formula is C24H21N3O5. The molecule has 0 unspecified atom stereocenters. The highest BCUT2D eigenvalue weighted by molar-refractivity contribution is 6.05. The monoisotopic (exact) mass is 431 g/mol. The van der Waals surface area contributed by atoms with E-state index in [9.17, 15) is 14.4 Å². The van der Waals surface area contributed by atoms with Crippen LogP contribution in [-0.4, -0.2) is 23.5 Å². The summed E-state index contributed by atoms with van der Waals surface area (Å²) in [5.41, 5.74) is 2.69. The average Bonchev–Trinajstić information content (AvgIpc) is 3.13. The molecule has 4 rings (SSSR count). The number of hydrogen-bond acceptors (Lipinski definition) is 5. The van der Waals surface area contributed by atoms with Gasteiger partial charge in [0.15, 0.2) is 5.58 Å². The lowest BCUT2D eigenvalue weighted by atomic mass is 10.2. The Hall–Kier alpha value is -4.33. The number of nitrogens with zero attached hydrogens (tertiary/aromatic N) is 1. The van der Waals surface area contributed by atoms with Crippen LogP contribution in [0.5, 0.6) is 5.75 Å². The first-order valence-electron chi connectivity index (χ1n) is 9.98. The molecule has 1 aromatic heterocycles. The van der Waals surface area contributed by atoms with Crippen LogP contribution in [0.25, 0.3) is 11.1 Å². The van der Waals surface area contributed by atoms with Crippen LogP contribution in [0.1, 0.15) is 16.8 Å². The number of aromatic nitrogens is 1. The van der Waals surface area contributed by atoms with Crippen molar-refractivity contribution in [1.29, 1.82) is 0 Å². The Balaban J connectivity index is 1.36. The summed E-state index contributed by atoms with van der Waals surface area (Å²) in [4.78, 5) is 36.8. The quantitative estimate of drug-likeness (QED) is 0.462. The minimum Gasteiger partial charge on any atom is -0.495 e. The lowest BCUT2D eigenvalue weighted by molar-refractivity contribution is -0.116. The standard InChI is InChI=1S/C24H21N3O5/c1-31-20-8-4-2-6-18(20)26-23(29)16-10-12-17(13-11-16)25-22(28)14-15-27-19-7-3-5-9-21(19)32-24(27)30/h2-13H,14-15H2,1H3,(H,25,28)(H,26,29). The van der Waals surface area contributed by atoms with Gasteiger partial charge in [-0.25, -0.2) is 4.79 Å². The molecule has 0 radical (unpaired) electrons. The predicted molar refractivity (Wildman–Crippen MR) is 121 cm³/mol. The summed E-state index contributed by atoms with van der Waals surface area (Å²) in [7, 11) is 1.54. The molecule has 4 aromatic rings. The fourth-order valence-corrected chi connectivity index (χ4v) is 3.31. The highest BCUT2D eigenvalue weighted by Crippen LogP contribution is 2.24. The Morgan fingerprint density at radius 1 is 0.938 bits per heavy atom. The van der Waals surface area contributed by atoms with Crippen LogP contribution >= 0.6 is 0 Å². The third kappa shape index (κ3) is 4.54. The number of aryl methyl sites for hydroxylation is 1. The largest absolute Gasteiger partial charge is 0.495 e. The van der Waals surface area contributed by atoms with E-state index in [1.54, 1.807) is 66.7 Å². The molecule has 0 saturated carbocycles. The molecule has 2 N–H and O–H groups in total. The van der Waals surface area contributed by atoms with E-state index in [2.05, 4.69) is 10.6 Å². The summed E-state index contributed by atoms with van der Waals surface area (Å²) in [6.45, 7) is 0.196. The SMILES string of the molecule is COc1ccccc1NC(=O)c1ccc(NC(=O)CCn2c(=O)oc3ccccc32)cc1. The third-order valence-corrected chi connectivity index (χ3v) is 4.92. The number of rotatable bonds is 7. The highest BCUT2D eigenvalue weighted by Gasteiger charge is 2.12. The summed E-state index contributed by atoms with van der Waals surface area (Å²) >= 11 is 0. The zero-order valence-corrected chi connectivity index (χ0v) is 17.3. The van der Waals surface area contributed by atoms with Gasteiger partial charge in [-0.15, -0.1) is 0 Å². The van der Waals surface area contributed by atoms with Gasteiger partial charge in [0.05, 0.1) is 18.3 Å². The van der Waals surface area contributed by atoms with Crippen LogP contribution in [0, 0.1) is 0 Å². The molecule has 0 aliphatic carbocycles. The number of carbonyl (C=O) groups is 2. The van der Waals surface area contributed by atoms with Gasteiger partial charge >= 0.3 is 5.76 Å². The number of nitrogens with one attached hydrogen (secondary N) is 2. The molecule has 0 atom stereocenters. The van der Waals surface area contributed by atoms with Crippen molar-refractivity contribution in [2.75, 3.05) is 17.7 Å². The Morgan fingerprint density at radius 2 is 1.66 bits per heavy atom. The topological polar surface area (TPSA) is 103 Å². The Labute approximate surface area is 183 Å². The molecule has 8 heteroatoms. The Morgan fingerprint density at radius 3 is 2.44 bits per heavy atom. The number of benzene rings is 3. The number of oxazole rings is 1. The van der Waals surface area contributed by atoms with Gasteiger partial charge in [0.2, 0.25) is 5.91 Å². The maximum Gasteiger partial charge on any atom is 0.419 e. The molecule has 162 valence electrons. The zero-order chi connectivity index (χ0) is 22.5. The van der Waals surface area contributed by atoms with E-state index < -0.39 is 5.76 Å². The second-order valence-electron chi connectivity index (χ2n) is 7.02. The van der Waals surface area contributed by atoms with Crippen LogP contribution < -0.4 is 21.1 Å². The van der Waals surface area contributed by atoms with Crippen molar-refractivity contribution in [2.45, 2.75) is 13.0 Å². The van der Waals surface area contributed by atoms with Gasteiger partial charge in [-0.05, 0) is 48.5 Å². The second kappa shape index (κ2) is 9.22. The lowest BCUT2D eigenvalue weighted by Crippen LogP contribution is -2.20. The van der Waals surface area contributed by atoms with Crippen LogP contribution in [-0.2, 0) is 11.3 Å². The summed E-state index contributed by atoms with van der Waals surface area (Å²) in [5, 5.41) is 5.57. The van der Waals surface area contributed by atoms with Crippen molar-refractivity contribution in [3.63, 3.8) is 0 Å². The number of anilines is 2. The van der Waals surface area contributed by atoms with Gasteiger partial charge in [-0.1, -0.05) is 24.3 Å². The summed E-state index contributed by atoms with van der Waals surface area (Å²) in [5.74, 6) is -0.481. The second-order valence-corrected chi connectivity index (χ2v) is 7.02. The van der Waals surface area contributed by atoms with Crippen LogP contribution in [0.2, 0.25) is 0 Å². The summed E-state index contributed by atoms with van der Waals surface area (Å²) in [6, 6.07) is 20.7. The van der Waals surface area contributed by atoms with E-state index in [-0.39, 0.29) is 24.8 Å². The van der Waals surface area contributed by atoms with Gasteiger partial charge in [0.1, 0.15) is 5.75 Å². The van der Waals surface area contributed by atoms with Crippen molar-refractivity contribution in [1.82, 2.24) is 4.57 Å². The number of carbonyl (C=O) groups excluding carboxylic acids is 2. The van der Waals surface area contributed by atoms with Crippen molar-refractivity contribution in [3.8, 4) is 5.75 Å². The molecule has 0 aliphatic heterocycles. The average molecular weight is 431 g/mol. The molecule has 0 saturated heterocycles. The van der Waals surface area contributed by atoms with Crippen molar-refractivity contribution >= 4 is 34.3 Å². The van der Waals surface area contributed by atoms with Crippen LogP contribution in [0.4, 0.5) is 11.4 Å². The number of ether oxygens (including phenoxy) is 1. The zero-order valence-electron chi connectivity index (χ0n) is 17.3. The molecule has 32 heavy (non-hydrogen) atoms. The number of para-hydroxylation sites is 4. The molecule has 0 spiro atoms. The van der Waals surface area contributed by atoms with Gasteiger partial charge in [-0.2, -0.15) is 0 Å². The number of methoxy groups -OCH3 is 1. The molecular weight excluding hydrogens is 410 g/mol. The van der Waals surface area contributed by atoms with E-state index >= 15 is 0 Å². The van der Waals surface area contributed by atoms with Crippen LogP contribution in [0.3, 0.4) is 0 Å². The first kappa shape index (κ1) is 20.9. The number of amides is 2. The lowest BCUT2D eigenvalue weighted by Gasteiger charge is -2.10. The fourth-order valence-electron chi connectivity index (χ4n) is 3.31. The molecule has 3 aromatic carbocycles. The number of hydrogen-bond donors (Lipinski definition) is 2. The first-order chi connectivity index (χ1) is 15.5. The Kier molecular flexibility index (Phi) is 6.03. The maximum atomic E-state index is 12.5. The minimum atomic E-state index is -0.496. The molecule has 0 aliphatic rings. The molecule has 2 amide bonds. The third-order valence-electron chi connectivity index (χ3n) is 4.92. The van der Waals surface area contributed by atoms with E-state index in [4.69, 9.17) is 9.15 Å². The number of fused-ring (bicyclic) bond motifs is 1. The molecule has 0 bridgehead atoms. The van der Waals surface area contributed by atoms with E-state index in [1.807, 2.05) is 6.07 Å². The van der Waals surface area contributed by atoms with E-state index in [1.165, 1.54) is 11.7 Å². The Bertz CT molecular complexity index is 1320. The first-order valence-corrected chi connectivity index (χ1v) is 9.98. The van der Waals surface area contributed by atoms with Crippen LogP contribution in [0.15, 0.2) is 82.0 Å². The molecule has 8 nitrogen and oxygen atoms in total. The summed E-state index contributed by atoms with van der Waals surface area (Å²) in [6.07, 6.45) is 0.0967. The normalized spacial score (nSPS) is 10.7. The maximum absolute atomic E-state index is 12.5. The summed E-state index contributed by atoms with van der Waals surface area (Å²) < 4.78 is 11.8. The fraction of sp³-hybridized carbons (Fsp3) is 0.125. The van der Waals surface area contributed by atoms with E-state index in [0.717, 1.165) is 0 Å². The molecule has 0 fully saturated rings. The van der Waals surface area contributed by atoms with Crippen molar-refractivity contribution < 1.29 is 18.7 Å².